The van der Waals surface area contributed by atoms with Crippen molar-refractivity contribution in [2.75, 3.05) is 7.11 Å². The van der Waals surface area contributed by atoms with E-state index in [0.717, 1.165) is 9.68 Å². The zero-order valence-corrected chi connectivity index (χ0v) is 12.8. The van der Waals surface area contributed by atoms with Gasteiger partial charge in [-0.25, -0.2) is 0 Å². The van der Waals surface area contributed by atoms with Gasteiger partial charge < -0.3 is 0 Å². The first-order valence-electron chi connectivity index (χ1n) is 3.55. The summed E-state index contributed by atoms with van der Waals surface area (Å²) in [6.45, 7) is 0. The average Bonchev–Trinajstić information content (AvgIpc) is 2.07. The van der Waals surface area contributed by atoms with Crippen LogP contribution in [0.1, 0.15) is 5.56 Å². The summed E-state index contributed by atoms with van der Waals surface area (Å²) in [5.74, 6) is 0.917. The fourth-order valence-corrected chi connectivity index (χ4v) is 4.96. The van der Waals surface area contributed by atoms with Crippen LogP contribution in [0.5, 0.6) is 5.75 Å². The summed E-state index contributed by atoms with van der Waals surface area (Å²) in [4.78, 5) is 0. The van der Waals surface area contributed by atoms with Crippen LogP contribution in [0.2, 0.25) is 0 Å². The van der Waals surface area contributed by atoms with E-state index in [4.69, 9.17) is 13.0 Å². The Bertz CT molecular complexity index is 210. The monoisotopic (exact) mass is 358 g/mol. The molecule has 0 heterocycles. The third-order valence-electron chi connectivity index (χ3n) is 1.54. The summed E-state index contributed by atoms with van der Waals surface area (Å²) < 4.78 is 6.18. The predicted molar refractivity (Wildman–Crippen MR) is 42.6 cm³/mol. The van der Waals surface area contributed by atoms with Gasteiger partial charge in [-0.15, -0.1) is 0 Å². The van der Waals surface area contributed by atoms with Crippen LogP contribution in [0.3, 0.4) is 0 Å². The Morgan fingerprint density at radius 2 is 2.00 bits per heavy atom. The molecular weight excluding hydrogens is 348 g/mol. The Morgan fingerprint density at radius 1 is 1.36 bits per heavy atom. The molecule has 56 valence electrons. The number of ether oxygens (including phenoxy) is 1. The standard InChI is InChI=1S/C8H9O.ClH.Hg/c1-7-3-5-8(9-2)6-4-7;;/h3-6H,1H2,2H3;1H;/q;;+1/p-1. The Hall–Kier alpha value is 0.245. The first-order valence-corrected chi connectivity index (χ1v) is 14.2. The van der Waals surface area contributed by atoms with Gasteiger partial charge in [-0.05, 0) is 0 Å². The van der Waals surface area contributed by atoms with Crippen LogP contribution in [-0.2, 0) is 27.3 Å². The van der Waals surface area contributed by atoms with Gasteiger partial charge >= 0.3 is 82.9 Å². The molecule has 0 saturated carbocycles. The average molecular weight is 357 g/mol. The van der Waals surface area contributed by atoms with E-state index in [1.807, 2.05) is 12.1 Å². The first-order chi connectivity index (χ1) is 5.36. The molecule has 0 aliphatic rings. The molecule has 0 amide bonds. The van der Waals surface area contributed by atoms with E-state index in [1.54, 1.807) is 7.11 Å². The van der Waals surface area contributed by atoms with Crippen molar-refractivity contribution in [1.82, 2.24) is 0 Å². The maximum absolute atomic E-state index is 5.80. The number of benzene rings is 1. The van der Waals surface area contributed by atoms with Gasteiger partial charge in [-0.3, -0.25) is 0 Å². The summed E-state index contributed by atoms with van der Waals surface area (Å²) >= 11 is -0.998. The van der Waals surface area contributed by atoms with Crippen LogP contribution in [0.4, 0.5) is 0 Å². The van der Waals surface area contributed by atoms with Crippen LogP contribution in [0.25, 0.3) is 0 Å². The summed E-state index contributed by atoms with van der Waals surface area (Å²) in [5.41, 5.74) is 1.35. The summed E-state index contributed by atoms with van der Waals surface area (Å²) in [6, 6.07) is 8.13. The van der Waals surface area contributed by atoms with E-state index in [0.29, 0.717) is 0 Å². The topological polar surface area (TPSA) is 9.23 Å². The molecule has 1 nitrogen and oxygen atoms in total. The molecule has 0 aliphatic heterocycles. The second kappa shape index (κ2) is 4.99. The minimum atomic E-state index is -0.998. The molecule has 1 rings (SSSR count). The molecule has 11 heavy (non-hydrogen) atoms. The van der Waals surface area contributed by atoms with Crippen LogP contribution in [0.15, 0.2) is 24.3 Å². The molecular formula is C8H9ClHgO. The van der Waals surface area contributed by atoms with Gasteiger partial charge in [0.15, 0.2) is 0 Å². The summed E-state index contributed by atoms with van der Waals surface area (Å²) in [6.07, 6.45) is 0. The van der Waals surface area contributed by atoms with Crippen molar-refractivity contribution in [2.24, 2.45) is 0 Å². The van der Waals surface area contributed by atoms with E-state index in [9.17, 15) is 0 Å². The number of hydrogen-bond donors (Lipinski definition) is 0. The second-order valence-electron chi connectivity index (χ2n) is 2.29. The van der Waals surface area contributed by atoms with E-state index >= 15 is 0 Å². The molecule has 0 radical (unpaired) electrons. The molecule has 0 N–H and O–H groups in total. The maximum atomic E-state index is 5.80. The van der Waals surface area contributed by atoms with Crippen molar-refractivity contribution < 1.29 is 28.1 Å². The molecule has 0 unspecified atom stereocenters. The number of rotatable bonds is 3. The van der Waals surface area contributed by atoms with Crippen LogP contribution in [0, 0.1) is 0 Å². The Balaban J connectivity index is 2.66. The first kappa shape index (κ1) is 9.33. The molecule has 1 aromatic carbocycles. The molecule has 0 saturated heterocycles. The van der Waals surface area contributed by atoms with Gasteiger partial charge in [0.25, 0.3) is 0 Å². The van der Waals surface area contributed by atoms with Gasteiger partial charge in [0.1, 0.15) is 0 Å². The van der Waals surface area contributed by atoms with E-state index < -0.39 is 23.3 Å². The quantitative estimate of drug-likeness (QED) is 0.756. The predicted octanol–water partition coefficient (Wildman–Crippen LogP) is 2.43. The van der Waals surface area contributed by atoms with Gasteiger partial charge in [-0.2, -0.15) is 0 Å². The second-order valence-corrected chi connectivity index (χ2v) is 9.02. The third-order valence-corrected chi connectivity index (χ3v) is 6.18. The summed E-state index contributed by atoms with van der Waals surface area (Å²) in [7, 11) is 7.48. The van der Waals surface area contributed by atoms with Crippen molar-refractivity contribution >= 4 is 8.25 Å². The van der Waals surface area contributed by atoms with Crippen LogP contribution >= 0.6 is 8.25 Å². The zero-order valence-electron chi connectivity index (χ0n) is 6.51. The SMILES string of the molecule is COc1ccc([CH2][Hg][Cl])cc1. The summed E-state index contributed by atoms with van der Waals surface area (Å²) in [5, 5.41) is 0. The molecule has 0 fully saturated rings. The molecule has 1 aromatic rings. The van der Waals surface area contributed by atoms with E-state index in [-0.39, 0.29) is 0 Å². The van der Waals surface area contributed by atoms with Crippen molar-refractivity contribution in [2.45, 2.75) is 3.93 Å². The van der Waals surface area contributed by atoms with Crippen molar-refractivity contribution in [3.8, 4) is 5.75 Å². The molecule has 0 aliphatic carbocycles. The normalized spacial score (nSPS) is 8.91. The Morgan fingerprint density at radius 3 is 2.45 bits per heavy atom. The molecule has 0 spiro atoms. The van der Waals surface area contributed by atoms with Crippen molar-refractivity contribution in [3.63, 3.8) is 0 Å². The third kappa shape index (κ3) is 3.00. The molecule has 0 aromatic heterocycles. The van der Waals surface area contributed by atoms with Gasteiger partial charge in [0, 0.05) is 0 Å². The van der Waals surface area contributed by atoms with Gasteiger partial charge in [-0.1, -0.05) is 0 Å². The Kier molecular flexibility index (Phi) is 4.24. The van der Waals surface area contributed by atoms with Crippen LogP contribution in [-0.4, -0.2) is 7.11 Å². The van der Waals surface area contributed by atoms with Crippen molar-refractivity contribution in [1.29, 1.82) is 0 Å². The fraction of sp³-hybridized carbons (Fsp3) is 0.250. The molecule has 3 heteroatoms. The van der Waals surface area contributed by atoms with Crippen molar-refractivity contribution in [3.05, 3.63) is 29.8 Å². The minimum absolute atomic E-state index is 0.917. The van der Waals surface area contributed by atoms with Crippen LogP contribution < -0.4 is 4.74 Å². The fourth-order valence-electron chi connectivity index (χ4n) is 0.901. The number of hydrogen-bond acceptors (Lipinski definition) is 1. The van der Waals surface area contributed by atoms with Gasteiger partial charge in [0.2, 0.25) is 0 Å². The molecule has 0 bridgehead atoms. The number of halogens is 1. The van der Waals surface area contributed by atoms with E-state index in [2.05, 4.69) is 12.1 Å². The zero-order chi connectivity index (χ0) is 8.10. The number of methoxy groups -OCH3 is 1. The Labute approximate surface area is 82.6 Å². The van der Waals surface area contributed by atoms with E-state index in [1.165, 1.54) is 5.56 Å². The molecule has 0 atom stereocenters. The van der Waals surface area contributed by atoms with Gasteiger partial charge in [0.05, 0.1) is 0 Å².